The van der Waals surface area contributed by atoms with Gasteiger partial charge < -0.3 is 10.6 Å². The second kappa shape index (κ2) is 17.4. The van der Waals surface area contributed by atoms with Gasteiger partial charge in [-0.05, 0) is 116 Å². The Morgan fingerprint density at radius 1 is 0.689 bits per heavy atom. The Kier molecular flexibility index (Phi) is 11.9. The quantitative estimate of drug-likeness (QED) is 0.0933. The highest BCUT2D eigenvalue weighted by molar-refractivity contribution is 7.14. The SMILES string of the molecule is CC1CC2CC(NC(=O)c3ccc(C(=O)Nc4nc(-c5ccccn5)cs4)cc3)(C1)CC(C)C2CC(C)(C)C(=O)Nc1ccc(C(=O)Nc2nc(-c3ccccn3)cs2)nc1. The summed E-state index contributed by atoms with van der Waals surface area (Å²) in [6.45, 7) is 8.46. The molecule has 6 aromatic rings. The Balaban J connectivity index is 0.846. The summed E-state index contributed by atoms with van der Waals surface area (Å²) < 4.78 is 0. The molecule has 4 N–H and O–H groups in total. The lowest BCUT2D eigenvalue weighted by Gasteiger charge is -2.54. The number of rotatable bonds is 12. The third-order valence-electron chi connectivity index (χ3n) is 11.9. The monoisotopic (exact) mass is 853 g/mol. The first kappa shape index (κ1) is 41.5. The summed E-state index contributed by atoms with van der Waals surface area (Å²) in [6, 6.07) is 21.2. The van der Waals surface area contributed by atoms with Crippen LogP contribution in [0.3, 0.4) is 0 Å². The van der Waals surface area contributed by atoms with E-state index in [-0.39, 0.29) is 40.8 Å². The molecule has 2 saturated carbocycles. The number of nitrogens with zero attached hydrogens (tertiary/aromatic N) is 5. The second-order valence-corrected chi connectivity index (χ2v) is 18.8. The molecule has 8 rings (SSSR count). The zero-order valence-electron chi connectivity index (χ0n) is 34.3. The third-order valence-corrected chi connectivity index (χ3v) is 13.4. The van der Waals surface area contributed by atoms with Gasteiger partial charge in [0, 0.05) is 45.2 Å². The van der Waals surface area contributed by atoms with Gasteiger partial charge in [-0.3, -0.25) is 39.8 Å². The van der Waals surface area contributed by atoms with E-state index in [1.165, 1.54) is 28.9 Å². The molecular formula is C46H47N9O4S2. The maximum absolute atomic E-state index is 13.8. The van der Waals surface area contributed by atoms with E-state index in [0.29, 0.717) is 56.7 Å². The molecule has 2 bridgehead atoms. The van der Waals surface area contributed by atoms with Crippen molar-refractivity contribution in [2.45, 2.75) is 65.3 Å². The molecule has 1 aromatic carbocycles. The van der Waals surface area contributed by atoms with Crippen molar-refractivity contribution in [1.82, 2.24) is 30.2 Å². The molecule has 0 aliphatic heterocycles. The van der Waals surface area contributed by atoms with Gasteiger partial charge in [0.2, 0.25) is 5.91 Å². The first-order valence-electron chi connectivity index (χ1n) is 20.4. The van der Waals surface area contributed by atoms with Gasteiger partial charge in [-0.25, -0.2) is 15.0 Å². The van der Waals surface area contributed by atoms with Gasteiger partial charge in [0.1, 0.15) is 17.1 Å². The van der Waals surface area contributed by atoms with E-state index in [2.05, 4.69) is 60.0 Å². The topological polar surface area (TPSA) is 181 Å². The summed E-state index contributed by atoms with van der Waals surface area (Å²) in [6.07, 6.45) is 9.18. The van der Waals surface area contributed by atoms with Gasteiger partial charge in [0.15, 0.2) is 10.3 Å². The van der Waals surface area contributed by atoms with Gasteiger partial charge in [0.05, 0.1) is 23.3 Å². The van der Waals surface area contributed by atoms with Crippen molar-refractivity contribution in [2.75, 3.05) is 16.0 Å². The van der Waals surface area contributed by atoms with E-state index in [1.807, 2.05) is 61.0 Å². The minimum absolute atomic E-state index is 0.115. The molecule has 0 radical (unpaired) electrons. The van der Waals surface area contributed by atoms with E-state index >= 15 is 0 Å². The molecular weight excluding hydrogens is 807 g/mol. The minimum atomic E-state index is -0.690. The molecule has 5 heterocycles. The van der Waals surface area contributed by atoms with E-state index in [1.54, 1.807) is 48.8 Å². The number of hydrogen-bond acceptors (Lipinski definition) is 11. The number of carbonyl (C=O) groups is 4. The molecule has 5 atom stereocenters. The molecule has 312 valence electrons. The lowest BCUT2D eigenvalue weighted by molar-refractivity contribution is -0.126. The number of nitrogens with one attached hydrogen (secondary N) is 4. The van der Waals surface area contributed by atoms with Crippen LogP contribution in [0.15, 0.2) is 102 Å². The molecule has 13 nitrogen and oxygen atoms in total. The number of thiazole rings is 2. The van der Waals surface area contributed by atoms with Crippen LogP contribution >= 0.6 is 22.7 Å². The van der Waals surface area contributed by atoms with E-state index in [4.69, 9.17) is 0 Å². The van der Waals surface area contributed by atoms with Crippen molar-refractivity contribution in [2.24, 2.45) is 29.1 Å². The Morgan fingerprint density at radius 3 is 1.87 bits per heavy atom. The smallest absolute Gasteiger partial charge is 0.276 e. The standard InChI is InChI=1S/C46H47N9O4S2/c1-27-19-31-22-46(20-27,55-40(57)30-13-11-29(12-14-30)39(56)53-43-51-37(25-60-43)34-9-5-7-17-47-34)21-28(2)33(31)23-45(3,4)42(59)50-32-15-16-36(49-24-32)41(58)54-44-52-38(26-61-44)35-10-6-8-18-48-35/h5-18,24-28,31,33H,19-23H2,1-4H3,(H,50,59)(H,55,57)(H,51,53,56)(H,52,54,58). The van der Waals surface area contributed by atoms with Crippen molar-refractivity contribution >= 4 is 62.3 Å². The lowest BCUT2D eigenvalue weighted by Crippen LogP contribution is -2.59. The van der Waals surface area contributed by atoms with Gasteiger partial charge in [0.25, 0.3) is 17.7 Å². The molecule has 0 spiro atoms. The number of hydrogen-bond donors (Lipinski definition) is 4. The number of benzene rings is 1. The zero-order chi connectivity index (χ0) is 42.7. The molecule has 61 heavy (non-hydrogen) atoms. The van der Waals surface area contributed by atoms with Crippen LogP contribution in [0, 0.1) is 29.1 Å². The summed E-state index contributed by atoms with van der Waals surface area (Å²) in [5.74, 6) is 0.328. The number of pyridine rings is 3. The van der Waals surface area contributed by atoms with E-state index < -0.39 is 11.3 Å². The normalized spacial score (nSPS) is 20.9. The largest absolute Gasteiger partial charge is 0.347 e. The van der Waals surface area contributed by atoms with Crippen molar-refractivity contribution < 1.29 is 19.2 Å². The second-order valence-electron chi connectivity index (χ2n) is 17.1. The summed E-state index contributed by atoms with van der Waals surface area (Å²) >= 11 is 2.63. The van der Waals surface area contributed by atoms with Gasteiger partial charge >= 0.3 is 0 Å². The van der Waals surface area contributed by atoms with Crippen LogP contribution in [0.2, 0.25) is 0 Å². The molecule has 2 aliphatic carbocycles. The summed E-state index contributed by atoms with van der Waals surface area (Å²) in [4.78, 5) is 75.5. The van der Waals surface area contributed by atoms with Crippen LogP contribution in [-0.2, 0) is 4.79 Å². The number of fused-ring (bicyclic) bond motifs is 2. The number of carbonyl (C=O) groups excluding carboxylic acids is 4. The average Bonchev–Trinajstić information content (AvgIpc) is 3.93. The van der Waals surface area contributed by atoms with Crippen molar-refractivity contribution in [3.63, 3.8) is 0 Å². The predicted octanol–water partition coefficient (Wildman–Crippen LogP) is 9.24. The Hall–Kier alpha value is -6.19. The van der Waals surface area contributed by atoms with Crippen LogP contribution < -0.4 is 21.3 Å². The van der Waals surface area contributed by atoms with Crippen LogP contribution in [0.25, 0.3) is 22.8 Å². The van der Waals surface area contributed by atoms with E-state index in [9.17, 15) is 19.2 Å². The highest BCUT2D eigenvalue weighted by atomic mass is 32.1. The molecule has 2 fully saturated rings. The Bertz CT molecular complexity index is 2520. The summed E-state index contributed by atoms with van der Waals surface area (Å²) in [5.41, 5.74) is 3.41. The van der Waals surface area contributed by atoms with Crippen LogP contribution in [-0.4, -0.2) is 54.1 Å². The van der Waals surface area contributed by atoms with E-state index in [0.717, 1.165) is 37.1 Å². The van der Waals surface area contributed by atoms with Gasteiger partial charge in [-0.1, -0.05) is 39.8 Å². The number of amides is 4. The van der Waals surface area contributed by atoms with Gasteiger partial charge in [-0.15, -0.1) is 22.7 Å². The summed E-state index contributed by atoms with van der Waals surface area (Å²) in [5, 5.41) is 16.7. The summed E-state index contributed by atoms with van der Waals surface area (Å²) in [7, 11) is 0. The van der Waals surface area contributed by atoms with Crippen LogP contribution in [0.4, 0.5) is 16.0 Å². The van der Waals surface area contributed by atoms with Crippen LogP contribution in [0.1, 0.15) is 91.0 Å². The Morgan fingerprint density at radius 2 is 1.30 bits per heavy atom. The Labute approximate surface area is 362 Å². The highest BCUT2D eigenvalue weighted by Crippen LogP contribution is 2.53. The molecule has 5 unspecified atom stereocenters. The van der Waals surface area contributed by atoms with Crippen LogP contribution in [0.5, 0.6) is 0 Å². The van der Waals surface area contributed by atoms with Crippen molar-refractivity contribution in [3.8, 4) is 22.8 Å². The zero-order valence-corrected chi connectivity index (χ0v) is 36.0. The molecule has 0 saturated heterocycles. The number of aromatic nitrogens is 5. The van der Waals surface area contributed by atoms with Gasteiger partial charge in [-0.2, -0.15) is 0 Å². The fourth-order valence-electron chi connectivity index (χ4n) is 9.11. The van der Waals surface area contributed by atoms with Crippen molar-refractivity contribution in [1.29, 1.82) is 0 Å². The highest BCUT2D eigenvalue weighted by Gasteiger charge is 2.51. The first-order chi connectivity index (χ1) is 29.3. The fourth-order valence-corrected chi connectivity index (χ4v) is 10.5. The fraction of sp³-hybridized carbons (Fsp3) is 0.326. The maximum atomic E-state index is 13.8. The minimum Gasteiger partial charge on any atom is -0.347 e. The molecule has 4 amide bonds. The first-order valence-corrected chi connectivity index (χ1v) is 22.2. The van der Waals surface area contributed by atoms with Crippen molar-refractivity contribution in [3.05, 3.63) is 119 Å². The average molecular weight is 854 g/mol. The lowest BCUT2D eigenvalue weighted by atomic mass is 9.54. The predicted molar refractivity (Wildman–Crippen MR) is 238 cm³/mol. The molecule has 15 heteroatoms. The third kappa shape index (κ3) is 9.58. The molecule has 5 aromatic heterocycles. The number of anilines is 3. The molecule has 2 aliphatic rings. The maximum Gasteiger partial charge on any atom is 0.276 e.